The Hall–Kier alpha value is -3.21. The first kappa shape index (κ1) is 17.9. The van der Waals surface area contributed by atoms with Gasteiger partial charge in [-0.15, -0.1) is 0 Å². The Labute approximate surface area is 171 Å². The average Bonchev–Trinajstić information content (AvgIpc) is 3.33. The summed E-state index contributed by atoms with van der Waals surface area (Å²) >= 11 is 0. The molecule has 5 heteroatoms. The Balaban J connectivity index is 1.32. The number of carbonyl (C=O) groups excluding carboxylic acids is 1. The van der Waals surface area contributed by atoms with Crippen LogP contribution in [0.1, 0.15) is 16.1 Å². The van der Waals surface area contributed by atoms with Crippen LogP contribution in [0.2, 0.25) is 0 Å². The molecule has 29 heavy (non-hydrogen) atoms. The Kier molecular flexibility index (Phi) is 4.51. The maximum atomic E-state index is 13.4. The molecule has 5 rings (SSSR count). The molecule has 0 bridgehead atoms. The number of aromatic nitrogens is 2. The van der Waals surface area contributed by atoms with Crippen LogP contribution in [0.15, 0.2) is 66.9 Å². The largest absolute Gasteiger partial charge is 0.391 e. The molecule has 1 aromatic heterocycles. The number of aryl methyl sites for hydroxylation is 1. The summed E-state index contributed by atoms with van der Waals surface area (Å²) in [6.07, 6.45) is 1.95. The number of nitrogens with zero attached hydrogens (tertiary/aromatic N) is 3. The van der Waals surface area contributed by atoms with Gasteiger partial charge in [-0.25, -0.2) is 4.98 Å². The normalized spacial score (nSPS) is 20.7. The summed E-state index contributed by atoms with van der Waals surface area (Å²) in [7, 11) is 0. The number of anilines is 1. The number of rotatable bonds is 3. The number of nitrogens with one attached hydrogen (secondary N) is 1. The van der Waals surface area contributed by atoms with Gasteiger partial charge in [-0.1, -0.05) is 53.5 Å². The predicted octanol–water partition coefficient (Wildman–Crippen LogP) is 3.08. The van der Waals surface area contributed by atoms with E-state index in [9.17, 15) is 4.79 Å². The topological polar surface area (TPSA) is 50.6 Å². The molecule has 0 aliphatic carbocycles. The Morgan fingerprint density at radius 2 is 1.62 bits per heavy atom. The van der Waals surface area contributed by atoms with E-state index in [4.69, 9.17) is 0 Å². The highest BCUT2D eigenvalue weighted by Gasteiger charge is 2.45. The highest BCUT2D eigenvalue weighted by molar-refractivity contribution is 6.01. The fourth-order valence-electron chi connectivity index (χ4n) is 4.68. The van der Waals surface area contributed by atoms with E-state index in [0.29, 0.717) is 11.8 Å². The molecule has 0 radical (unpaired) electrons. The molecule has 2 aliphatic rings. The molecule has 2 fully saturated rings. The highest BCUT2D eigenvalue weighted by Crippen LogP contribution is 2.34. The maximum Gasteiger partial charge on any atom is 0.391 e. The second-order valence-corrected chi connectivity index (χ2v) is 8.10. The van der Waals surface area contributed by atoms with Crippen LogP contribution in [0.3, 0.4) is 0 Å². The summed E-state index contributed by atoms with van der Waals surface area (Å²) < 4.78 is 0. The van der Waals surface area contributed by atoms with Crippen molar-refractivity contribution in [3.63, 3.8) is 0 Å². The van der Waals surface area contributed by atoms with Gasteiger partial charge in [0, 0.05) is 36.6 Å². The quantitative estimate of drug-likeness (QED) is 0.696. The number of benzene rings is 2. The van der Waals surface area contributed by atoms with Gasteiger partial charge in [0.05, 0.1) is 19.3 Å². The lowest BCUT2D eigenvalue weighted by atomic mass is 9.99. The van der Waals surface area contributed by atoms with Crippen molar-refractivity contribution in [2.24, 2.45) is 11.8 Å². The van der Waals surface area contributed by atoms with E-state index in [1.165, 1.54) is 0 Å². The van der Waals surface area contributed by atoms with Crippen LogP contribution in [0.25, 0.3) is 11.1 Å². The van der Waals surface area contributed by atoms with Crippen LogP contribution >= 0.6 is 0 Å². The maximum absolute atomic E-state index is 13.4. The molecule has 2 aromatic carbocycles. The van der Waals surface area contributed by atoms with E-state index in [-0.39, 0.29) is 5.91 Å². The Bertz CT molecular complexity index is 1020. The molecule has 5 nitrogen and oxygen atoms in total. The van der Waals surface area contributed by atoms with Crippen molar-refractivity contribution >= 4 is 11.9 Å². The minimum atomic E-state index is 0.144. The number of likely N-dealkylation sites (tertiary alicyclic amines) is 1. The van der Waals surface area contributed by atoms with E-state index >= 15 is 0 Å². The zero-order valence-corrected chi connectivity index (χ0v) is 16.6. The second kappa shape index (κ2) is 7.32. The lowest BCUT2D eigenvalue weighted by Gasteiger charge is -2.21. The first-order valence-corrected chi connectivity index (χ1v) is 10.2. The fourth-order valence-corrected chi connectivity index (χ4v) is 4.68. The summed E-state index contributed by atoms with van der Waals surface area (Å²) in [5, 5.41) is 0. The third-order valence-electron chi connectivity index (χ3n) is 6.13. The number of carbonyl (C=O) groups is 1. The molecule has 2 saturated heterocycles. The molecule has 1 N–H and O–H groups in total. The van der Waals surface area contributed by atoms with Crippen LogP contribution in [0.5, 0.6) is 0 Å². The van der Waals surface area contributed by atoms with Gasteiger partial charge in [0.2, 0.25) is 0 Å². The molecular formula is C24H25N4O+. The van der Waals surface area contributed by atoms with Crippen molar-refractivity contribution in [1.29, 1.82) is 0 Å². The smallest absolute Gasteiger partial charge is 0.338 e. The SMILES string of the molecule is Cc1cc[nH+]c(N2CC3CN(C(=O)c4ccccc4-c4ccccc4)CC3C2)n1. The molecule has 2 unspecified atom stereocenters. The Morgan fingerprint density at radius 1 is 0.931 bits per heavy atom. The van der Waals surface area contributed by atoms with Gasteiger partial charge in [-0.05, 0) is 24.1 Å². The van der Waals surface area contributed by atoms with Crippen LogP contribution in [-0.2, 0) is 0 Å². The summed E-state index contributed by atoms with van der Waals surface area (Å²) in [5.74, 6) is 2.08. The van der Waals surface area contributed by atoms with E-state index in [2.05, 4.69) is 27.0 Å². The van der Waals surface area contributed by atoms with Gasteiger partial charge in [-0.3, -0.25) is 9.69 Å². The first-order chi connectivity index (χ1) is 14.2. The number of fused-ring (bicyclic) bond motifs is 1. The van der Waals surface area contributed by atoms with E-state index in [0.717, 1.165) is 54.5 Å². The van der Waals surface area contributed by atoms with Crippen molar-refractivity contribution < 1.29 is 9.78 Å². The molecule has 2 atom stereocenters. The van der Waals surface area contributed by atoms with Gasteiger partial charge in [0.25, 0.3) is 5.91 Å². The average molecular weight is 385 g/mol. The summed E-state index contributed by atoms with van der Waals surface area (Å²) in [6.45, 7) is 5.53. The Morgan fingerprint density at radius 3 is 2.34 bits per heavy atom. The van der Waals surface area contributed by atoms with Crippen LogP contribution in [0.4, 0.5) is 5.95 Å². The number of hydrogen-bond acceptors (Lipinski definition) is 3. The van der Waals surface area contributed by atoms with Crippen molar-refractivity contribution in [2.45, 2.75) is 6.92 Å². The van der Waals surface area contributed by atoms with E-state index in [1.54, 1.807) is 0 Å². The fraction of sp³-hybridized carbons (Fsp3) is 0.292. The van der Waals surface area contributed by atoms with Gasteiger partial charge in [-0.2, -0.15) is 0 Å². The molecule has 0 saturated carbocycles. The van der Waals surface area contributed by atoms with Crippen molar-refractivity contribution in [3.05, 3.63) is 78.1 Å². The lowest BCUT2D eigenvalue weighted by Crippen LogP contribution is -2.35. The third-order valence-corrected chi connectivity index (χ3v) is 6.13. The van der Waals surface area contributed by atoms with E-state index in [1.807, 2.05) is 66.6 Å². The van der Waals surface area contributed by atoms with Crippen LogP contribution in [0, 0.1) is 18.8 Å². The molecule has 1 amide bonds. The summed E-state index contributed by atoms with van der Waals surface area (Å²) in [5.41, 5.74) is 3.91. The van der Waals surface area contributed by atoms with Crippen LogP contribution in [-0.4, -0.2) is 42.0 Å². The van der Waals surface area contributed by atoms with Crippen molar-refractivity contribution in [2.75, 3.05) is 31.1 Å². The molecule has 2 aliphatic heterocycles. The monoisotopic (exact) mass is 385 g/mol. The minimum absolute atomic E-state index is 0.144. The number of aromatic amines is 1. The summed E-state index contributed by atoms with van der Waals surface area (Å²) in [4.78, 5) is 25.6. The molecule has 3 aromatic rings. The van der Waals surface area contributed by atoms with Gasteiger partial charge >= 0.3 is 5.95 Å². The predicted molar refractivity (Wildman–Crippen MR) is 113 cm³/mol. The third kappa shape index (κ3) is 3.37. The molecule has 146 valence electrons. The lowest BCUT2D eigenvalue weighted by molar-refractivity contribution is -0.368. The van der Waals surface area contributed by atoms with Crippen molar-refractivity contribution in [1.82, 2.24) is 9.88 Å². The minimum Gasteiger partial charge on any atom is -0.338 e. The number of H-pyrrole nitrogens is 1. The number of hydrogen-bond donors (Lipinski definition) is 0. The van der Waals surface area contributed by atoms with E-state index < -0.39 is 0 Å². The van der Waals surface area contributed by atoms with Crippen LogP contribution < -0.4 is 9.88 Å². The zero-order valence-electron chi connectivity index (χ0n) is 16.6. The highest BCUT2D eigenvalue weighted by atomic mass is 16.2. The van der Waals surface area contributed by atoms with Crippen molar-refractivity contribution in [3.8, 4) is 11.1 Å². The molecule has 3 heterocycles. The zero-order chi connectivity index (χ0) is 19.8. The molecular weight excluding hydrogens is 360 g/mol. The standard InChI is InChI=1S/C24H24N4O/c1-17-11-12-25-24(26-17)28-15-19-13-27(14-20(19)16-28)23(29)22-10-6-5-9-21(22)18-7-3-2-4-8-18/h2-12,19-20H,13-16H2,1H3/p+1. The van der Waals surface area contributed by atoms with Gasteiger partial charge in [0.1, 0.15) is 5.69 Å². The van der Waals surface area contributed by atoms with Gasteiger partial charge in [0.15, 0.2) is 0 Å². The summed E-state index contributed by atoms with van der Waals surface area (Å²) in [6, 6.07) is 20.1. The molecule has 0 spiro atoms. The first-order valence-electron chi connectivity index (χ1n) is 10.2. The van der Waals surface area contributed by atoms with Gasteiger partial charge < -0.3 is 4.90 Å². The second-order valence-electron chi connectivity index (χ2n) is 8.10. The number of amides is 1.